The Morgan fingerprint density at radius 2 is 1.89 bits per heavy atom. The van der Waals surface area contributed by atoms with Crippen molar-refractivity contribution in [3.8, 4) is 0 Å². The molecule has 28 heavy (non-hydrogen) atoms. The van der Waals surface area contributed by atoms with Gasteiger partial charge in [-0.2, -0.15) is 0 Å². The first-order valence-corrected chi connectivity index (χ1v) is 10.3. The van der Waals surface area contributed by atoms with Gasteiger partial charge in [0.15, 0.2) is 0 Å². The molecule has 0 aromatic heterocycles. The van der Waals surface area contributed by atoms with Gasteiger partial charge in [-0.05, 0) is 56.4 Å². The fourth-order valence-electron chi connectivity index (χ4n) is 2.90. The van der Waals surface area contributed by atoms with E-state index < -0.39 is 14.9 Å². The summed E-state index contributed by atoms with van der Waals surface area (Å²) in [6, 6.07) is 8.98. The largest absolute Gasteiger partial charge is 0.352 e. The van der Waals surface area contributed by atoms with Crippen molar-refractivity contribution in [3.05, 3.63) is 63.2 Å². The topological polar surface area (TPSA) is 118 Å². The Bertz CT molecular complexity index is 1050. The highest BCUT2D eigenvalue weighted by atomic mass is 32.2. The molecule has 0 aliphatic heterocycles. The molecule has 0 unspecified atom stereocenters. The number of hydrogen-bond donors (Lipinski definition) is 2. The molecule has 1 aliphatic carbocycles. The average Bonchev–Trinajstić information content (AvgIpc) is 3.45. The molecular formula is C19H21N3O5S. The molecule has 1 amide bonds. The molecule has 1 aliphatic rings. The van der Waals surface area contributed by atoms with Crippen LogP contribution in [-0.2, 0) is 10.0 Å². The number of nitro groups is 1. The van der Waals surface area contributed by atoms with E-state index in [-0.39, 0.29) is 33.3 Å². The summed E-state index contributed by atoms with van der Waals surface area (Å²) in [6.45, 7) is 3.54. The lowest BCUT2D eigenvalue weighted by Gasteiger charge is -2.14. The summed E-state index contributed by atoms with van der Waals surface area (Å²) >= 11 is 0. The van der Waals surface area contributed by atoms with E-state index in [9.17, 15) is 23.3 Å². The third kappa shape index (κ3) is 4.30. The van der Waals surface area contributed by atoms with E-state index in [2.05, 4.69) is 10.0 Å². The van der Waals surface area contributed by atoms with E-state index in [1.54, 1.807) is 19.1 Å². The number of amides is 1. The number of rotatable bonds is 7. The number of anilines is 1. The first-order valence-electron chi connectivity index (χ1n) is 8.84. The van der Waals surface area contributed by atoms with Crippen LogP contribution < -0.4 is 10.0 Å². The van der Waals surface area contributed by atoms with Crippen LogP contribution in [-0.4, -0.2) is 25.8 Å². The predicted molar refractivity (Wildman–Crippen MR) is 105 cm³/mol. The highest BCUT2D eigenvalue weighted by molar-refractivity contribution is 7.92. The highest BCUT2D eigenvalue weighted by Crippen LogP contribution is 2.30. The van der Waals surface area contributed by atoms with Gasteiger partial charge in [0.25, 0.3) is 21.6 Å². The molecule has 0 saturated heterocycles. The maximum Gasteiger partial charge on any atom is 0.273 e. The van der Waals surface area contributed by atoms with Crippen molar-refractivity contribution in [2.24, 2.45) is 5.92 Å². The number of hydrogen-bond acceptors (Lipinski definition) is 5. The van der Waals surface area contributed by atoms with Gasteiger partial charge in [-0.15, -0.1) is 0 Å². The minimum Gasteiger partial charge on any atom is -0.352 e. The van der Waals surface area contributed by atoms with Crippen molar-refractivity contribution >= 4 is 27.3 Å². The van der Waals surface area contributed by atoms with Crippen LogP contribution in [0.4, 0.5) is 11.4 Å². The number of carbonyl (C=O) groups excluding carboxylic acids is 1. The number of nitrogens with zero attached hydrogens (tertiary/aromatic N) is 1. The highest BCUT2D eigenvalue weighted by Gasteiger charge is 2.26. The second-order valence-corrected chi connectivity index (χ2v) is 8.62. The number of benzene rings is 2. The average molecular weight is 403 g/mol. The lowest BCUT2D eigenvalue weighted by Crippen LogP contribution is -2.27. The van der Waals surface area contributed by atoms with E-state index in [1.807, 2.05) is 0 Å². The fraction of sp³-hybridized carbons (Fsp3) is 0.316. The minimum atomic E-state index is -4.13. The normalized spacial score (nSPS) is 13.8. The maximum absolute atomic E-state index is 12.9. The van der Waals surface area contributed by atoms with Crippen LogP contribution in [0.1, 0.15) is 34.3 Å². The summed E-state index contributed by atoms with van der Waals surface area (Å²) in [4.78, 5) is 22.9. The molecule has 0 bridgehead atoms. The van der Waals surface area contributed by atoms with Crippen molar-refractivity contribution < 1.29 is 18.1 Å². The number of carbonyl (C=O) groups is 1. The molecular weight excluding hydrogens is 382 g/mol. The third-order valence-electron chi connectivity index (χ3n) is 4.63. The second kappa shape index (κ2) is 7.59. The third-order valence-corrected chi connectivity index (χ3v) is 6.12. The summed E-state index contributed by atoms with van der Waals surface area (Å²) < 4.78 is 28.3. The summed E-state index contributed by atoms with van der Waals surface area (Å²) in [7, 11) is -4.13. The number of para-hydroxylation sites is 1. The Labute approximate surface area is 163 Å². The van der Waals surface area contributed by atoms with Crippen LogP contribution >= 0.6 is 0 Å². The van der Waals surface area contributed by atoms with Crippen molar-refractivity contribution in [3.63, 3.8) is 0 Å². The summed E-state index contributed by atoms with van der Waals surface area (Å²) in [5, 5.41) is 14.0. The van der Waals surface area contributed by atoms with E-state index >= 15 is 0 Å². The fourth-order valence-corrected chi connectivity index (χ4v) is 4.33. The number of nitrogens with one attached hydrogen (secondary N) is 2. The molecule has 8 nitrogen and oxygen atoms in total. The zero-order chi connectivity index (χ0) is 20.5. The van der Waals surface area contributed by atoms with Gasteiger partial charge in [0, 0.05) is 18.2 Å². The smallest absolute Gasteiger partial charge is 0.273 e. The molecule has 2 N–H and O–H groups in total. The number of aryl methyl sites for hydroxylation is 1. The Morgan fingerprint density at radius 3 is 2.54 bits per heavy atom. The second-order valence-electron chi connectivity index (χ2n) is 6.97. The maximum atomic E-state index is 12.9. The Morgan fingerprint density at radius 1 is 1.21 bits per heavy atom. The number of nitro benzene ring substituents is 1. The van der Waals surface area contributed by atoms with Crippen molar-refractivity contribution in [2.75, 3.05) is 11.3 Å². The molecule has 1 fully saturated rings. The van der Waals surface area contributed by atoms with Crippen LogP contribution in [0.15, 0.2) is 41.3 Å². The molecule has 1 saturated carbocycles. The van der Waals surface area contributed by atoms with Gasteiger partial charge in [-0.3, -0.25) is 19.6 Å². The van der Waals surface area contributed by atoms with Gasteiger partial charge in [0.2, 0.25) is 0 Å². The van der Waals surface area contributed by atoms with Crippen molar-refractivity contribution in [1.29, 1.82) is 0 Å². The van der Waals surface area contributed by atoms with Gasteiger partial charge < -0.3 is 5.32 Å². The van der Waals surface area contributed by atoms with Gasteiger partial charge in [-0.25, -0.2) is 8.42 Å². The summed E-state index contributed by atoms with van der Waals surface area (Å²) in [5.74, 6) is 0.125. The van der Waals surface area contributed by atoms with E-state index in [1.165, 1.54) is 31.2 Å². The molecule has 2 aromatic rings. The quantitative estimate of drug-likeness (QED) is 0.544. The predicted octanol–water partition coefficient (Wildman–Crippen LogP) is 3.15. The van der Waals surface area contributed by atoms with Crippen LogP contribution in [0.3, 0.4) is 0 Å². The monoisotopic (exact) mass is 403 g/mol. The zero-order valence-electron chi connectivity index (χ0n) is 15.6. The minimum absolute atomic E-state index is 0.0405. The molecule has 9 heteroatoms. The van der Waals surface area contributed by atoms with Gasteiger partial charge in [0.1, 0.15) is 0 Å². The molecule has 0 spiro atoms. The number of sulfonamides is 1. The van der Waals surface area contributed by atoms with E-state index in [0.29, 0.717) is 18.0 Å². The standard InChI is InChI=1S/C19H21N3O5S/c1-12-9-17(22(24)25)13(2)18(10-12)28(26,27)21-16-6-4-3-5-15(16)19(23)20-11-14-7-8-14/h3-6,9-10,14,21H,7-8,11H2,1-2H3,(H,20,23). The lowest BCUT2D eigenvalue weighted by atomic mass is 10.1. The SMILES string of the molecule is Cc1cc([N+](=O)[O-])c(C)c(S(=O)(=O)Nc2ccccc2C(=O)NCC2CC2)c1. The van der Waals surface area contributed by atoms with Gasteiger partial charge in [-0.1, -0.05) is 12.1 Å². The van der Waals surface area contributed by atoms with Gasteiger partial charge in [0.05, 0.1) is 21.1 Å². The Balaban J connectivity index is 1.93. The zero-order valence-corrected chi connectivity index (χ0v) is 16.4. The lowest BCUT2D eigenvalue weighted by molar-refractivity contribution is -0.385. The molecule has 0 heterocycles. The molecule has 0 atom stereocenters. The van der Waals surface area contributed by atoms with Crippen LogP contribution in [0.2, 0.25) is 0 Å². The molecule has 0 radical (unpaired) electrons. The van der Waals surface area contributed by atoms with Gasteiger partial charge >= 0.3 is 0 Å². The molecule has 2 aromatic carbocycles. The Kier molecular flexibility index (Phi) is 5.37. The van der Waals surface area contributed by atoms with Crippen LogP contribution in [0.25, 0.3) is 0 Å². The molecule has 148 valence electrons. The summed E-state index contributed by atoms with van der Waals surface area (Å²) in [6.07, 6.45) is 2.17. The van der Waals surface area contributed by atoms with E-state index in [4.69, 9.17) is 0 Å². The summed E-state index contributed by atoms with van der Waals surface area (Å²) in [5.41, 5.74) is 0.550. The van der Waals surface area contributed by atoms with Crippen LogP contribution in [0.5, 0.6) is 0 Å². The first kappa shape index (κ1) is 19.8. The first-order chi connectivity index (χ1) is 13.2. The molecule has 3 rings (SSSR count). The van der Waals surface area contributed by atoms with E-state index in [0.717, 1.165) is 12.8 Å². The Hall–Kier alpha value is -2.94. The van der Waals surface area contributed by atoms with Crippen molar-refractivity contribution in [1.82, 2.24) is 5.32 Å². The van der Waals surface area contributed by atoms with Crippen molar-refractivity contribution in [2.45, 2.75) is 31.6 Å². The van der Waals surface area contributed by atoms with Crippen LogP contribution in [0, 0.1) is 29.9 Å².